The van der Waals surface area contributed by atoms with Gasteiger partial charge in [0.1, 0.15) is 5.84 Å². The molecule has 0 aliphatic carbocycles. The lowest BCUT2D eigenvalue weighted by Crippen LogP contribution is -2.23. The summed E-state index contributed by atoms with van der Waals surface area (Å²) in [6, 6.07) is 5.38. The van der Waals surface area contributed by atoms with Crippen molar-refractivity contribution in [3.63, 3.8) is 0 Å². The monoisotopic (exact) mass is 277 g/mol. The number of aromatic carboxylic acids is 1. The third kappa shape index (κ3) is 2.06. The molecule has 19 heavy (non-hydrogen) atoms. The van der Waals surface area contributed by atoms with E-state index in [2.05, 4.69) is 10.3 Å². The molecule has 2 N–H and O–H groups in total. The van der Waals surface area contributed by atoms with E-state index in [-0.39, 0.29) is 5.56 Å². The zero-order valence-electron chi connectivity index (χ0n) is 10.1. The first-order chi connectivity index (χ1) is 9.16. The Labute approximate surface area is 114 Å². The van der Waals surface area contributed by atoms with Crippen molar-refractivity contribution in [3.8, 4) is 0 Å². The molecule has 1 aromatic heterocycles. The fraction of sp³-hybridized carbons (Fsp3) is 0.231. The standard InChI is InChI=1S/C13H12ClN3O2/c14-9-2-1-3-10-12(9)8(13(18)19)6-17(10)7-11-15-4-5-16-11/h1-3,6H,4-5,7H2,(H,15,16)(H,18,19). The Morgan fingerprint density at radius 2 is 2.37 bits per heavy atom. The van der Waals surface area contributed by atoms with E-state index in [1.165, 1.54) is 0 Å². The van der Waals surface area contributed by atoms with E-state index in [1.807, 2.05) is 16.7 Å². The molecule has 1 aliphatic heterocycles. The highest BCUT2D eigenvalue weighted by molar-refractivity contribution is 6.36. The molecule has 0 amide bonds. The van der Waals surface area contributed by atoms with Gasteiger partial charge in [0.15, 0.2) is 0 Å². The second kappa shape index (κ2) is 4.59. The molecule has 0 saturated heterocycles. The lowest BCUT2D eigenvalue weighted by atomic mass is 10.2. The van der Waals surface area contributed by atoms with E-state index < -0.39 is 5.97 Å². The highest BCUT2D eigenvalue weighted by atomic mass is 35.5. The zero-order chi connectivity index (χ0) is 13.4. The molecule has 1 aliphatic rings. The van der Waals surface area contributed by atoms with Crippen molar-refractivity contribution in [1.29, 1.82) is 0 Å². The number of amidine groups is 1. The van der Waals surface area contributed by atoms with Crippen LogP contribution in [0.1, 0.15) is 10.4 Å². The molecule has 2 aromatic rings. The predicted octanol–water partition coefficient (Wildman–Crippen LogP) is 1.99. The maximum Gasteiger partial charge on any atom is 0.337 e. The minimum Gasteiger partial charge on any atom is -0.478 e. The molecule has 0 radical (unpaired) electrons. The van der Waals surface area contributed by atoms with Crippen molar-refractivity contribution in [3.05, 3.63) is 35.0 Å². The Kier molecular flexibility index (Phi) is 2.91. The number of halogens is 1. The summed E-state index contributed by atoms with van der Waals surface area (Å²) >= 11 is 6.11. The molecule has 98 valence electrons. The van der Waals surface area contributed by atoms with Crippen LogP contribution in [0.3, 0.4) is 0 Å². The van der Waals surface area contributed by atoms with E-state index in [0.717, 1.165) is 24.4 Å². The Hall–Kier alpha value is -2.01. The van der Waals surface area contributed by atoms with E-state index in [1.54, 1.807) is 12.3 Å². The number of nitrogens with zero attached hydrogens (tertiary/aromatic N) is 2. The number of carboxylic acid groups (broad SMARTS) is 1. The molecule has 1 aromatic carbocycles. The van der Waals surface area contributed by atoms with Gasteiger partial charge < -0.3 is 15.0 Å². The minimum absolute atomic E-state index is 0.221. The summed E-state index contributed by atoms with van der Waals surface area (Å²) in [6.07, 6.45) is 1.61. The van der Waals surface area contributed by atoms with Crippen LogP contribution in [0, 0.1) is 0 Å². The first kappa shape index (κ1) is 12.0. The molecule has 5 nitrogen and oxygen atoms in total. The number of nitrogens with one attached hydrogen (secondary N) is 1. The third-order valence-corrected chi connectivity index (χ3v) is 3.46. The SMILES string of the molecule is O=C(O)c1cn(CC2=NCCN2)c2cccc(Cl)c12. The van der Waals surface area contributed by atoms with Gasteiger partial charge in [0.2, 0.25) is 0 Å². The van der Waals surface area contributed by atoms with Crippen LogP contribution in [-0.4, -0.2) is 34.6 Å². The maximum absolute atomic E-state index is 11.3. The van der Waals surface area contributed by atoms with Crippen molar-refractivity contribution in [2.45, 2.75) is 6.54 Å². The quantitative estimate of drug-likeness (QED) is 0.902. The second-order valence-electron chi connectivity index (χ2n) is 4.36. The number of rotatable bonds is 3. The first-order valence-electron chi connectivity index (χ1n) is 5.94. The van der Waals surface area contributed by atoms with Crippen molar-refractivity contribution in [1.82, 2.24) is 9.88 Å². The summed E-state index contributed by atoms with van der Waals surface area (Å²) in [4.78, 5) is 15.6. The number of benzene rings is 1. The highest BCUT2D eigenvalue weighted by Crippen LogP contribution is 2.28. The molecule has 0 unspecified atom stereocenters. The smallest absolute Gasteiger partial charge is 0.337 e. The number of aromatic nitrogens is 1. The summed E-state index contributed by atoms with van der Waals surface area (Å²) in [5.74, 6) is -0.105. The van der Waals surface area contributed by atoms with Gasteiger partial charge in [-0.05, 0) is 12.1 Å². The Balaban J connectivity index is 2.14. The van der Waals surface area contributed by atoms with E-state index in [9.17, 15) is 9.90 Å². The first-order valence-corrected chi connectivity index (χ1v) is 6.32. The Bertz CT molecular complexity index is 690. The molecular weight excluding hydrogens is 266 g/mol. The molecule has 0 fully saturated rings. The fourth-order valence-electron chi connectivity index (χ4n) is 2.32. The van der Waals surface area contributed by atoms with Gasteiger partial charge in [-0.25, -0.2) is 4.79 Å². The topological polar surface area (TPSA) is 66.6 Å². The van der Waals surface area contributed by atoms with Crippen molar-refractivity contribution in [2.24, 2.45) is 4.99 Å². The fourth-order valence-corrected chi connectivity index (χ4v) is 2.59. The minimum atomic E-state index is -0.974. The molecule has 6 heteroatoms. The lowest BCUT2D eigenvalue weighted by Gasteiger charge is -2.05. The molecule has 0 atom stereocenters. The number of carbonyl (C=O) groups is 1. The Morgan fingerprint density at radius 1 is 1.53 bits per heavy atom. The lowest BCUT2D eigenvalue weighted by molar-refractivity contribution is 0.0699. The number of hydrogen-bond donors (Lipinski definition) is 2. The number of carboxylic acids is 1. The number of aliphatic imine (C=N–C) groups is 1. The van der Waals surface area contributed by atoms with E-state index >= 15 is 0 Å². The normalized spacial score (nSPS) is 14.5. The third-order valence-electron chi connectivity index (χ3n) is 3.15. The molecular formula is C13H12ClN3O2. The largest absolute Gasteiger partial charge is 0.478 e. The second-order valence-corrected chi connectivity index (χ2v) is 4.77. The highest BCUT2D eigenvalue weighted by Gasteiger charge is 2.17. The van der Waals surface area contributed by atoms with Gasteiger partial charge in [-0.2, -0.15) is 0 Å². The average Bonchev–Trinajstić information content (AvgIpc) is 2.99. The van der Waals surface area contributed by atoms with Crippen LogP contribution in [0.25, 0.3) is 10.9 Å². The Morgan fingerprint density at radius 3 is 3.05 bits per heavy atom. The van der Waals surface area contributed by atoms with E-state index in [0.29, 0.717) is 17.0 Å². The van der Waals surface area contributed by atoms with Crippen LogP contribution < -0.4 is 5.32 Å². The number of hydrogen-bond acceptors (Lipinski definition) is 3. The van der Waals surface area contributed by atoms with Gasteiger partial charge in [-0.15, -0.1) is 0 Å². The van der Waals surface area contributed by atoms with Gasteiger partial charge >= 0.3 is 5.97 Å². The van der Waals surface area contributed by atoms with Crippen molar-refractivity contribution < 1.29 is 9.90 Å². The molecule has 3 rings (SSSR count). The summed E-state index contributed by atoms with van der Waals surface area (Å²) in [5, 5.41) is 13.5. The summed E-state index contributed by atoms with van der Waals surface area (Å²) < 4.78 is 1.86. The van der Waals surface area contributed by atoms with E-state index in [4.69, 9.17) is 11.6 Å². The summed E-state index contributed by atoms with van der Waals surface area (Å²) in [5.41, 5.74) is 1.03. The van der Waals surface area contributed by atoms with Gasteiger partial charge in [-0.1, -0.05) is 17.7 Å². The van der Waals surface area contributed by atoms with Crippen LogP contribution in [0.5, 0.6) is 0 Å². The predicted molar refractivity (Wildman–Crippen MR) is 74.2 cm³/mol. The van der Waals surface area contributed by atoms with Crippen LogP contribution >= 0.6 is 11.6 Å². The summed E-state index contributed by atoms with van der Waals surface area (Å²) in [6.45, 7) is 2.13. The maximum atomic E-state index is 11.3. The van der Waals surface area contributed by atoms with Crippen LogP contribution in [-0.2, 0) is 6.54 Å². The summed E-state index contributed by atoms with van der Waals surface area (Å²) in [7, 11) is 0. The van der Waals surface area contributed by atoms with Crippen LogP contribution in [0.4, 0.5) is 0 Å². The molecule has 2 heterocycles. The van der Waals surface area contributed by atoms with Crippen LogP contribution in [0.2, 0.25) is 5.02 Å². The average molecular weight is 278 g/mol. The molecule has 0 saturated carbocycles. The van der Waals surface area contributed by atoms with Gasteiger partial charge in [0.25, 0.3) is 0 Å². The van der Waals surface area contributed by atoms with Crippen LogP contribution in [0.15, 0.2) is 29.4 Å². The van der Waals surface area contributed by atoms with Gasteiger partial charge in [-0.3, -0.25) is 4.99 Å². The van der Waals surface area contributed by atoms with Crippen molar-refractivity contribution >= 4 is 34.3 Å². The number of fused-ring (bicyclic) bond motifs is 1. The van der Waals surface area contributed by atoms with Gasteiger partial charge in [0.05, 0.1) is 29.2 Å². The molecule has 0 spiro atoms. The van der Waals surface area contributed by atoms with Crippen molar-refractivity contribution in [2.75, 3.05) is 13.1 Å². The zero-order valence-corrected chi connectivity index (χ0v) is 10.8. The molecule has 0 bridgehead atoms. The van der Waals surface area contributed by atoms with Gasteiger partial charge in [0, 0.05) is 18.1 Å².